The monoisotopic (exact) mass is 345 g/mol. The number of nitrogens with one attached hydrogen (secondary N) is 1. The maximum atomic E-state index is 12.7. The van der Waals surface area contributed by atoms with E-state index in [1.807, 2.05) is 35.2 Å². The largest absolute Gasteiger partial charge is 0.371 e. The van der Waals surface area contributed by atoms with Crippen LogP contribution in [0.3, 0.4) is 0 Å². The van der Waals surface area contributed by atoms with Crippen LogP contribution < -0.4 is 5.32 Å². The summed E-state index contributed by atoms with van der Waals surface area (Å²) >= 11 is 0. The van der Waals surface area contributed by atoms with Gasteiger partial charge in [0.05, 0.1) is 6.04 Å². The lowest BCUT2D eigenvalue weighted by atomic mass is 10.0. The lowest BCUT2D eigenvalue weighted by Crippen LogP contribution is -2.48. The molecular formula is C19H27N3O3. The molecule has 6 heteroatoms. The third-order valence-corrected chi connectivity index (χ3v) is 4.84. The van der Waals surface area contributed by atoms with Crippen LogP contribution in [0.4, 0.5) is 4.79 Å². The summed E-state index contributed by atoms with van der Waals surface area (Å²) < 4.78 is 5.83. The van der Waals surface area contributed by atoms with Crippen LogP contribution in [0.25, 0.3) is 0 Å². The summed E-state index contributed by atoms with van der Waals surface area (Å²) in [4.78, 5) is 28.5. The zero-order chi connectivity index (χ0) is 17.6. The van der Waals surface area contributed by atoms with Crippen LogP contribution in [-0.4, -0.2) is 60.6 Å². The number of urea groups is 1. The van der Waals surface area contributed by atoms with E-state index >= 15 is 0 Å². The van der Waals surface area contributed by atoms with Crippen LogP contribution in [0.1, 0.15) is 37.9 Å². The Morgan fingerprint density at radius 1 is 1.28 bits per heavy atom. The molecular weight excluding hydrogens is 318 g/mol. The molecule has 2 heterocycles. The highest BCUT2D eigenvalue weighted by molar-refractivity contribution is 5.84. The van der Waals surface area contributed by atoms with Gasteiger partial charge in [-0.1, -0.05) is 37.3 Å². The van der Waals surface area contributed by atoms with Crippen LogP contribution in [0.15, 0.2) is 30.3 Å². The molecule has 3 rings (SSSR count). The molecule has 2 aliphatic heterocycles. The van der Waals surface area contributed by atoms with Crippen molar-refractivity contribution in [1.29, 1.82) is 0 Å². The molecule has 1 aromatic carbocycles. The van der Waals surface area contributed by atoms with Crippen LogP contribution in [-0.2, 0) is 9.53 Å². The lowest BCUT2D eigenvalue weighted by Gasteiger charge is -2.26. The highest BCUT2D eigenvalue weighted by Crippen LogP contribution is 2.29. The first kappa shape index (κ1) is 17.7. The molecule has 1 N–H and O–H groups in total. The van der Waals surface area contributed by atoms with Crippen LogP contribution in [0.5, 0.6) is 0 Å². The van der Waals surface area contributed by atoms with Gasteiger partial charge in [-0.15, -0.1) is 0 Å². The van der Waals surface area contributed by atoms with Crippen molar-refractivity contribution in [3.8, 4) is 0 Å². The fraction of sp³-hybridized carbons (Fsp3) is 0.579. The van der Waals surface area contributed by atoms with E-state index in [1.54, 1.807) is 4.90 Å². The smallest absolute Gasteiger partial charge is 0.318 e. The van der Waals surface area contributed by atoms with Crippen molar-refractivity contribution < 1.29 is 14.3 Å². The fourth-order valence-electron chi connectivity index (χ4n) is 3.56. The highest BCUT2D eigenvalue weighted by Gasteiger charge is 2.33. The van der Waals surface area contributed by atoms with Gasteiger partial charge in [-0.3, -0.25) is 4.79 Å². The fourth-order valence-corrected chi connectivity index (χ4v) is 3.56. The molecule has 2 fully saturated rings. The van der Waals surface area contributed by atoms with Gasteiger partial charge in [-0.25, -0.2) is 4.79 Å². The van der Waals surface area contributed by atoms with Gasteiger partial charge in [0.1, 0.15) is 12.6 Å². The minimum absolute atomic E-state index is 0.0387. The average molecular weight is 345 g/mol. The quantitative estimate of drug-likeness (QED) is 0.910. The van der Waals surface area contributed by atoms with Gasteiger partial charge in [0.15, 0.2) is 0 Å². The van der Waals surface area contributed by atoms with E-state index < -0.39 is 0 Å². The molecule has 2 aliphatic rings. The molecule has 6 nitrogen and oxygen atoms in total. The Hall–Kier alpha value is -2.08. The molecule has 3 amide bonds. The molecule has 25 heavy (non-hydrogen) atoms. The minimum Gasteiger partial charge on any atom is -0.371 e. The highest BCUT2D eigenvalue weighted by atomic mass is 16.5. The number of carbonyl (C=O) groups is 2. The summed E-state index contributed by atoms with van der Waals surface area (Å²) in [6.07, 6.45) is 2.43. The number of carbonyl (C=O) groups excluding carboxylic acids is 2. The van der Waals surface area contributed by atoms with Crippen molar-refractivity contribution in [2.45, 2.75) is 38.3 Å². The van der Waals surface area contributed by atoms with E-state index in [0.717, 1.165) is 37.9 Å². The normalized spacial score (nSPS) is 24.3. The Kier molecular flexibility index (Phi) is 5.91. The third kappa shape index (κ3) is 4.31. The van der Waals surface area contributed by atoms with Crippen molar-refractivity contribution in [2.24, 2.45) is 0 Å². The average Bonchev–Trinajstić information content (AvgIpc) is 3.00. The Bertz CT molecular complexity index is 593. The van der Waals surface area contributed by atoms with Gasteiger partial charge < -0.3 is 19.9 Å². The van der Waals surface area contributed by atoms with Crippen LogP contribution in [0.2, 0.25) is 0 Å². The standard InChI is InChI=1S/C19H27N3O3/c1-2-10-21-11-6-12-22(14-17(21)23)19(24)20-16-9-13-25-18(16)15-7-4-3-5-8-15/h3-5,7-8,16,18H,2,6,9-14H2,1H3,(H,20,24)/t16-,18-/m1/s1. The van der Waals surface area contributed by atoms with Crippen LogP contribution in [0, 0.1) is 0 Å². The molecule has 2 saturated heterocycles. The van der Waals surface area contributed by atoms with Crippen molar-refractivity contribution >= 4 is 11.9 Å². The number of amides is 3. The van der Waals surface area contributed by atoms with Gasteiger partial charge in [-0.2, -0.15) is 0 Å². The van der Waals surface area contributed by atoms with E-state index in [2.05, 4.69) is 12.2 Å². The van der Waals surface area contributed by atoms with Gasteiger partial charge in [0.25, 0.3) is 0 Å². The van der Waals surface area contributed by atoms with Gasteiger partial charge in [-0.05, 0) is 24.8 Å². The number of nitrogens with zero attached hydrogens (tertiary/aromatic N) is 2. The first-order valence-electron chi connectivity index (χ1n) is 9.19. The summed E-state index contributed by atoms with van der Waals surface area (Å²) in [5.41, 5.74) is 1.08. The maximum Gasteiger partial charge on any atom is 0.318 e. The first-order chi connectivity index (χ1) is 12.2. The predicted octanol–water partition coefficient (Wildman–Crippen LogP) is 2.17. The summed E-state index contributed by atoms with van der Waals surface area (Å²) in [6.45, 7) is 4.97. The third-order valence-electron chi connectivity index (χ3n) is 4.84. The molecule has 0 aliphatic carbocycles. The second-order valence-corrected chi connectivity index (χ2v) is 6.70. The van der Waals surface area contributed by atoms with Gasteiger partial charge >= 0.3 is 6.03 Å². The summed E-state index contributed by atoms with van der Waals surface area (Å²) in [5, 5.41) is 3.08. The Balaban J connectivity index is 1.60. The maximum absolute atomic E-state index is 12.7. The SMILES string of the molecule is CCCN1CCCN(C(=O)N[C@@H]2CCO[C@@H]2c2ccccc2)CC1=O. The Morgan fingerprint density at radius 3 is 2.84 bits per heavy atom. The second kappa shape index (κ2) is 8.34. The van der Waals surface area contributed by atoms with Gasteiger partial charge in [0, 0.05) is 26.2 Å². The van der Waals surface area contributed by atoms with E-state index in [9.17, 15) is 9.59 Å². The van der Waals surface area contributed by atoms with Crippen molar-refractivity contribution in [1.82, 2.24) is 15.1 Å². The number of hydrogen-bond acceptors (Lipinski definition) is 3. The predicted molar refractivity (Wildman–Crippen MR) is 95.1 cm³/mol. The molecule has 0 saturated carbocycles. The molecule has 136 valence electrons. The molecule has 0 spiro atoms. The minimum atomic E-state index is -0.164. The Morgan fingerprint density at radius 2 is 2.08 bits per heavy atom. The number of hydrogen-bond donors (Lipinski definition) is 1. The first-order valence-corrected chi connectivity index (χ1v) is 9.19. The van der Waals surface area contributed by atoms with Crippen molar-refractivity contribution in [3.63, 3.8) is 0 Å². The van der Waals surface area contributed by atoms with Crippen molar-refractivity contribution in [2.75, 3.05) is 32.8 Å². The second-order valence-electron chi connectivity index (χ2n) is 6.70. The Labute approximate surface area is 149 Å². The number of ether oxygens (including phenoxy) is 1. The van der Waals surface area contributed by atoms with Gasteiger partial charge in [0.2, 0.25) is 5.91 Å². The molecule has 0 unspecified atom stereocenters. The zero-order valence-corrected chi connectivity index (χ0v) is 14.8. The number of rotatable bonds is 4. The van der Waals surface area contributed by atoms with Crippen LogP contribution >= 0.6 is 0 Å². The molecule has 1 aromatic rings. The molecule has 0 aromatic heterocycles. The number of benzene rings is 1. The molecule has 0 bridgehead atoms. The van der Waals surface area contributed by atoms with E-state index in [1.165, 1.54) is 0 Å². The van der Waals surface area contributed by atoms with E-state index in [-0.39, 0.29) is 30.6 Å². The topological polar surface area (TPSA) is 61.9 Å². The van der Waals surface area contributed by atoms with E-state index in [4.69, 9.17) is 4.74 Å². The summed E-state index contributed by atoms with van der Waals surface area (Å²) in [7, 11) is 0. The van der Waals surface area contributed by atoms with Crippen molar-refractivity contribution in [3.05, 3.63) is 35.9 Å². The zero-order valence-electron chi connectivity index (χ0n) is 14.8. The summed E-state index contributed by atoms with van der Waals surface area (Å²) in [5.74, 6) is 0.0387. The van der Waals surface area contributed by atoms with E-state index in [0.29, 0.717) is 13.2 Å². The molecule has 2 atom stereocenters. The lowest BCUT2D eigenvalue weighted by molar-refractivity contribution is -0.130. The molecule has 0 radical (unpaired) electrons. The summed E-state index contributed by atoms with van der Waals surface area (Å²) in [6, 6.07) is 9.75.